The van der Waals surface area contributed by atoms with E-state index in [4.69, 9.17) is 4.74 Å². The summed E-state index contributed by atoms with van der Waals surface area (Å²) in [4.78, 5) is 30.5. The monoisotopic (exact) mass is 393 g/mol. The van der Waals surface area contributed by atoms with Crippen molar-refractivity contribution in [2.75, 3.05) is 12.4 Å². The minimum atomic E-state index is -0.371. The Morgan fingerprint density at radius 3 is 2.81 bits per heavy atom. The van der Waals surface area contributed by atoms with Crippen LogP contribution < -0.4 is 5.32 Å². The van der Waals surface area contributed by atoms with Gasteiger partial charge in [-0.3, -0.25) is 4.79 Å². The average Bonchev–Trinajstić information content (AvgIpc) is 3.09. The summed E-state index contributed by atoms with van der Waals surface area (Å²) in [5.74, 6) is -0.510. The number of carbonyl (C=O) groups excluding carboxylic acids is 2. The number of amides is 1. The highest BCUT2D eigenvalue weighted by molar-refractivity contribution is 8.00. The molecule has 1 amide bonds. The van der Waals surface area contributed by atoms with Crippen LogP contribution in [-0.4, -0.2) is 33.8 Å². The third kappa shape index (κ3) is 3.96. The van der Waals surface area contributed by atoms with E-state index in [1.54, 1.807) is 6.20 Å². The molecule has 2 aromatic rings. The first-order valence-corrected chi connectivity index (χ1v) is 10.4. The third-order valence-electron chi connectivity index (χ3n) is 4.48. The van der Waals surface area contributed by atoms with Crippen LogP contribution in [0.5, 0.6) is 0 Å². The second kappa shape index (κ2) is 8.26. The third-order valence-corrected chi connectivity index (χ3v) is 6.86. The number of imidazole rings is 1. The molecule has 0 spiro atoms. The minimum Gasteiger partial charge on any atom is -0.465 e. The minimum absolute atomic E-state index is 0.139. The van der Waals surface area contributed by atoms with Crippen LogP contribution >= 0.6 is 23.1 Å². The standard InChI is InChI=1S/C18H23N3O3S2/c1-11(25-18-19-9-10-21(18)2)15(22)20-16-14(17(23)24-3)12-7-5-4-6-8-13(12)26-16/h9-11H,4-8H2,1-3H3,(H,20,22). The summed E-state index contributed by atoms with van der Waals surface area (Å²) < 4.78 is 6.86. The molecule has 2 aromatic heterocycles. The SMILES string of the molecule is COC(=O)c1c(NC(=O)C(C)Sc2nccn2C)sc2c1CCCCC2. The summed E-state index contributed by atoms with van der Waals surface area (Å²) in [7, 11) is 3.28. The van der Waals surface area contributed by atoms with Gasteiger partial charge in [0, 0.05) is 24.3 Å². The number of ether oxygens (including phenoxy) is 1. The highest BCUT2D eigenvalue weighted by Crippen LogP contribution is 2.38. The molecule has 1 aliphatic carbocycles. The summed E-state index contributed by atoms with van der Waals surface area (Å²) in [6.45, 7) is 1.84. The number of aromatic nitrogens is 2. The van der Waals surface area contributed by atoms with Gasteiger partial charge in [-0.2, -0.15) is 0 Å². The molecule has 0 saturated heterocycles. The molecule has 0 radical (unpaired) electrons. The van der Waals surface area contributed by atoms with E-state index in [0.717, 1.165) is 36.4 Å². The van der Waals surface area contributed by atoms with E-state index in [-0.39, 0.29) is 17.1 Å². The molecule has 1 atom stereocenters. The maximum absolute atomic E-state index is 12.7. The largest absolute Gasteiger partial charge is 0.465 e. The van der Waals surface area contributed by atoms with Gasteiger partial charge in [0.1, 0.15) is 5.00 Å². The van der Waals surface area contributed by atoms with Gasteiger partial charge in [0.2, 0.25) is 5.91 Å². The van der Waals surface area contributed by atoms with Crippen molar-refractivity contribution in [2.24, 2.45) is 7.05 Å². The number of nitrogens with zero attached hydrogens (tertiary/aromatic N) is 2. The summed E-state index contributed by atoms with van der Waals surface area (Å²) in [6, 6.07) is 0. The second-order valence-electron chi connectivity index (χ2n) is 6.33. The number of thiophene rings is 1. The van der Waals surface area contributed by atoms with Crippen molar-refractivity contribution in [1.82, 2.24) is 9.55 Å². The number of hydrogen-bond acceptors (Lipinski definition) is 6. The predicted molar refractivity (Wildman–Crippen MR) is 104 cm³/mol. The molecule has 8 heteroatoms. The van der Waals surface area contributed by atoms with E-state index in [1.807, 2.05) is 24.7 Å². The van der Waals surface area contributed by atoms with Gasteiger partial charge in [-0.1, -0.05) is 18.2 Å². The lowest BCUT2D eigenvalue weighted by atomic mass is 10.1. The van der Waals surface area contributed by atoms with Crippen LogP contribution in [0.25, 0.3) is 0 Å². The lowest BCUT2D eigenvalue weighted by Crippen LogP contribution is -2.23. The lowest BCUT2D eigenvalue weighted by Gasteiger charge is -2.12. The normalized spacial score (nSPS) is 15.0. The summed E-state index contributed by atoms with van der Waals surface area (Å²) in [5, 5.41) is 4.02. The number of methoxy groups -OCH3 is 1. The first kappa shape index (κ1) is 19.0. The molecule has 1 aliphatic rings. The fourth-order valence-electron chi connectivity index (χ4n) is 3.04. The number of anilines is 1. The number of esters is 1. The first-order valence-electron chi connectivity index (χ1n) is 8.69. The van der Waals surface area contributed by atoms with E-state index >= 15 is 0 Å². The van der Waals surface area contributed by atoms with Crippen LogP contribution in [0.3, 0.4) is 0 Å². The number of aryl methyl sites for hydroxylation is 2. The fourth-order valence-corrected chi connectivity index (χ4v) is 5.15. The zero-order valence-corrected chi connectivity index (χ0v) is 16.8. The number of hydrogen-bond donors (Lipinski definition) is 1. The molecule has 1 N–H and O–H groups in total. The second-order valence-corrected chi connectivity index (χ2v) is 8.74. The molecular weight excluding hydrogens is 370 g/mol. The number of fused-ring (bicyclic) bond motifs is 1. The van der Waals surface area contributed by atoms with Gasteiger partial charge < -0.3 is 14.6 Å². The van der Waals surface area contributed by atoms with E-state index < -0.39 is 0 Å². The summed E-state index contributed by atoms with van der Waals surface area (Å²) in [6.07, 6.45) is 8.72. The average molecular weight is 394 g/mol. The summed E-state index contributed by atoms with van der Waals surface area (Å²) in [5.41, 5.74) is 1.59. The molecule has 0 aromatic carbocycles. The molecule has 0 saturated carbocycles. The molecule has 0 fully saturated rings. The molecule has 1 unspecified atom stereocenters. The highest BCUT2D eigenvalue weighted by Gasteiger charge is 2.27. The van der Waals surface area contributed by atoms with Crippen LogP contribution in [0.15, 0.2) is 17.6 Å². The van der Waals surface area contributed by atoms with Gasteiger partial charge in [0.15, 0.2) is 5.16 Å². The molecular formula is C18H23N3O3S2. The smallest absolute Gasteiger partial charge is 0.341 e. The molecule has 26 heavy (non-hydrogen) atoms. The Hall–Kier alpha value is -1.80. The van der Waals surface area contributed by atoms with Crippen LogP contribution in [0, 0.1) is 0 Å². The number of carbonyl (C=O) groups is 2. The number of nitrogens with one attached hydrogen (secondary N) is 1. The van der Waals surface area contributed by atoms with Crippen LogP contribution in [-0.2, 0) is 29.4 Å². The fraction of sp³-hybridized carbons (Fsp3) is 0.500. The van der Waals surface area contributed by atoms with E-state index in [0.29, 0.717) is 10.6 Å². The van der Waals surface area contributed by atoms with Gasteiger partial charge in [-0.15, -0.1) is 11.3 Å². The quantitative estimate of drug-likeness (QED) is 0.477. The van der Waals surface area contributed by atoms with Crippen LogP contribution in [0.2, 0.25) is 0 Å². The van der Waals surface area contributed by atoms with Gasteiger partial charge in [-0.05, 0) is 38.2 Å². The van der Waals surface area contributed by atoms with Gasteiger partial charge in [0.05, 0.1) is 17.9 Å². The molecule has 2 heterocycles. The van der Waals surface area contributed by atoms with Crippen molar-refractivity contribution >= 4 is 40.0 Å². The van der Waals surface area contributed by atoms with Crippen molar-refractivity contribution < 1.29 is 14.3 Å². The van der Waals surface area contributed by atoms with Gasteiger partial charge in [0.25, 0.3) is 0 Å². The maximum Gasteiger partial charge on any atom is 0.341 e. The molecule has 0 aliphatic heterocycles. The lowest BCUT2D eigenvalue weighted by molar-refractivity contribution is -0.115. The van der Waals surface area contributed by atoms with Gasteiger partial charge in [-0.25, -0.2) is 9.78 Å². The Balaban J connectivity index is 1.81. The van der Waals surface area contributed by atoms with Crippen molar-refractivity contribution in [2.45, 2.75) is 49.4 Å². The topological polar surface area (TPSA) is 73.2 Å². The van der Waals surface area contributed by atoms with Crippen molar-refractivity contribution in [3.63, 3.8) is 0 Å². The van der Waals surface area contributed by atoms with Gasteiger partial charge >= 0.3 is 5.97 Å². The molecule has 140 valence electrons. The van der Waals surface area contributed by atoms with Crippen LogP contribution in [0.4, 0.5) is 5.00 Å². The Morgan fingerprint density at radius 1 is 1.35 bits per heavy atom. The summed E-state index contributed by atoms with van der Waals surface area (Å²) >= 11 is 2.90. The highest BCUT2D eigenvalue weighted by atomic mass is 32.2. The van der Waals surface area contributed by atoms with Crippen molar-refractivity contribution in [1.29, 1.82) is 0 Å². The van der Waals surface area contributed by atoms with Crippen molar-refractivity contribution in [3.05, 3.63) is 28.4 Å². The Bertz CT molecular complexity index is 813. The molecule has 6 nitrogen and oxygen atoms in total. The Morgan fingerprint density at radius 2 is 2.12 bits per heavy atom. The molecule has 0 bridgehead atoms. The Kier molecular flexibility index (Phi) is 6.03. The zero-order chi connectivity index (χ0) is 18.7. The zero-order valence-electron chi connectivity index (χ0n) is 15.2. The predicted octanol–water partition coefficient (Wildman–Crippen LogP) is 3.66. The van der Waals surface area contributed by atoms with E-state index in [9.17, 15) is 9.59 Å². The molecule has 3 rings (SSSR count). The Labute approximate surface area is 161 Å². The van der Waals surface area contributed by atoms with Crippen LogP contribution in [0.1, 0.15) is 47.0 Å². The van der Waals surface area contributed by atoms with Crippen molar-refractivity contribution in [3.8, 4) is 0 Å². The number of thioether (sulfide) groups is 1. The number of rotatable bonds is 5. The maximum atomic E-state index is 12.7. The van der Waals surface area contributed by atoms with E-state index in [1.165, 1.54) is 41.5 Å². The van der Waals surface area contributed by atoms with E-state index in [2.05, 4.69) is 10.3 Å². The first-order chi connectivity index (χ1) is 12.5.